The van der Waals surface area contributed by atoms with Crippen LogP contribution in [0.2, 0.25) is 0 Å². The topological polar surface area (TPSA) is 115 Å². The molecule has 0 aliphatic carbocycles. The minimum absolute atomic E-state index is 0.309. The van der Waals surface area contributed by atoms with Crippen LogP contribution in [-0.4, -0.2) is 38.2 Å². The number of carbonyl (C=O) groups is 3. The van der Waals surface area contributed by atoms with Crippen LogP contribution in [0.1, 0.15) is 21.5 Å². The summed E-state index contributed by atoms with van der Waals surface area (Å²) >= 11 is 0. The Labute approximate surface area is 196 Å². The Morgan fingerprint density at radius 2 is 1.59 bits per heavy atom. The normalized spacial score (nSPS) is 10.4. The monoisotopic (exact) mass is 461 g/mol. The molecule has 3 rings (SSSR count). The zero-order valence-corrected chi connectivity index (χ0v) is 18.8. The van der Waals surface area contributed by atoms with E-state index in [0.29, 0.717) is 34.1 Å². The maximum atomic E-state index is 12.2. The number of hydrogen-bond donors (Lipinski definition) is 2. The van der Waals surface area contributed by atoms with Crippen molar-refractivity contribution in [2.24, 2.45) is 5.10 Å². The highest BCUT2D eigenvalue weighted by Gasteiger charge is 2.16. The van der Waals surface area contributed by atoms with Crippen molar-refractivity contribution in [2.45, 2.75) is 6.92 Å². The third-order valence-electron chi connectivity index (χ3n) is 4.59. The van der Waals surface area contributed by atoms with Crippen LogP contribution in [0.5, 0.6) is 17.2 Å². The van der Waals surface area contributed by atoms with Gasteiger partial charge in [0, 0.05) is 6.07 Å². The summed E-state index contributed by atoms with van der Waals surface area (Å²) < 4.78 is 15.6. The molecule has 3 aromatic carbocycles. The maximum absolute atomic E-state index is 12.2. The van der Waals surface area contributed by atoms with Crippen LogP contribution < -0.4 is 25.0 Å². The second-order valence-electron chi connectivity index (χ2n) is 7.05. The minimum atomic E-state index is -0.960. The zero-order valence-electron chi connectivity index (χ0n) is 18.8. The van der Waals surface area contributed by atoms with Gasteiger partial charge in [0.05, 0.1) is 31.7 Å². The molecule has 0 aliphatic heterocycles. The second kappa shape index (κ2) is 11.3. The molecule has 0 radical (unpaired) electrons. The highest BCUT2D eigenvalue weighted by molar-refractivity contribution is 6.39. The first-order valence-electron chi connectivity index (χ1n) is 10.1. The Morgan fingerprint density at radius 1 is 0.853 bits per heavy atom. The lowest BCUT2D eigenvalue weighted by atomic mass is 10.1. The molecule has 0 atom stereocenters. The van der Waals surface area contributed by atoms with Gasteiger partial charge in [-0.3, -0.25) is 9.59 Å². The summed E-state index contributed by atoms with van der Waals surface area (Å²) in [7, 11) is 2.94. The lowest BCUT2D eigenvalue weighted by Gasteiger charge is -2.10. The van der Waals surface area contributed by atoms with Crippen molar-refractivity contribution in [3.63, 3.8) is 0 Å². The molecular formula is C25H23N3O6. The van der Waals surface area contributed by atoms with E-state index in [9.17, 15) is 14.4 Å². The largest absolute Gasteiger partial charge is 0.497 e. The van der Waals surface area contributed by atoms with E-state index in [0.717, 1.165) is 5.56 Å². The Kier molecular flexibility index (Phi) is 7.96. The second-order valence-corrected chi connectivity index (χ2v) is 7.05. The number of esters is 1. The number of carbonyl (C=O) groups excluding carboxylic acids is 3. The summed E-state index contributed by atoms with van der Waals surface area (Å²) in [5.74, 6) is -1.10. The zero-order chi connectivity index (χ0) is 24.5. The van der Waals surface area contributed by atoms with Crippen LogP contribution >= 0.6 is 0 Å². The van der Waals surface area contributed by atoms with Gasteiger partial charge in [0.15, 0.2) is 0 Å². The number of nitrogens with one attached hydrogen (secondary N) is 2. The average Bonchev–Trinajstić information content (AvgIpc) is 2.85. The van der Waals surface area contributed by atoms with Gasteiger partial charge in [-0.1, -0.05) is 17.7 Å². The molecule has 3 aromatic rings. The van der Waals surface area contributed by atoms with Crippen LogP contribution in [-0.2, 0) is 9.59 Å². The van der Waals surface area contributed by atoms with Crippen molar-refractivity contribution >= 4 is 29.7 Å². The fourth-order valence-corrected chi connectivity index (χ4v) is 2.86. The SMILES string of the molecule is COc1ccc(NC(=O)C(=O)NN=Cc2ccc(OC(=O)c3cccc(C)c3)cc2)c(OC)c1. The van der Waals surface area contributed by atoms with Gasteiger partial charge >= 0.3 is 17.8 Å². The van der Waals surface area contributed by atoms with Gasteiger partial charge < -0.3 is 19.5 Å². The van der Waals surface area contributed by atoms with Gasteiger partial charge in [0.2, 0.25) is 0 Å². The first-order valence-corrected chi connectivity index (χ1v) is 10.1. The predicted molar refractivity (Wildman–Crippen MR) is 126 cm³/mol. The molecule has 0 unspecified atom stereocenters. The van der Waals surface area contributed by atoms with E-state index in [4.69, 9.17) is 14.2 Å². The number of hydrogen-bond acceptors (Lipinski definition) is 7. The van der Waals surface area contributed by atoms with Crippen LogP contribution in [0.15, 0.2) is 71.8 Å². The van der Waals surface area contributed by atoms with Crippen LogP contribution in [0.3, 0.4) is 0 Å². The summed E-state index contributed by atoms with van der Waals surface area (Å²) in [6.45, 7) is 1.89. The highest BCUT2D eigenvalue weighted by Crippen LogP contribution is 2.28. The molecule has 0 saturated heterocycles. The predicted octanol–water partition coefficient (Wildman–Crippen LogP) is 3.32. The molecule has 2 amide bonds. The Hall–Kier alpha value is -4.66. The molecule has 0 aliphatic rings. The van der Waals surface area contributed by atoms with E-state index >= 15 is 0 Å². The summed E-state index contributed by atoms with van der Waals surface area (Å²) in [6, 6.07) is 18.3. The fourth-order valence-electron chi connectivity index (χ4n) is 2.86. The average molecular weight is 461 g/mol. The molecule has 0 aromatic heterocycles. The van der Waals surface area contributed by atoms with Crippen molar-refractivity contribution in [2.75, 3.05) is 19.5 Å². The molecular weight excluding hydrogens is 438 g/mol. The summed E-state index contributed by atoms with van der Waals surface area (Å²) in [4.78, 5) is 36.4. The molecule has 9 nitrogen and oxygen atoms in total. The quantitative estimate of drug-likeness (QED) is 0.183. The molecule has 0 heterocycles. The van der Waals surface area contributed by atoms with Crippen LogP contribution in [0.4, 0.5) is 5.69 Å². The number of hydrazone groups is 1. The number of amides is 2. The number of benzene rings is 3. The van der Waals surface area contributed by atoms with Crippen molar-refractivity contribution in [1.29, 1.82) is 0 Å². The van der Waals surface area contributed by atoms with E-state index < -0.39 is 17.8 Å². The van der Waals surface area contributed by atoms with E-state index in [2.05, 4.69) is 15.8 Å². The number of methoxy groups -OCH3 is 2. The third-order valence-corrected chi connectivity index (χ3v) is 4.59. The van der Waals surface area contributed by atoms with E-state index in [1.54, 1.807) is 60.7 Å². The van der Waals surface area contributed by atoms with Gasteiger partial charge in [-0.2, -0.15) is 5.10 Å². The molecule has 0 spiro atoms. The van der Waals surface area contributed by atoms with Crippen LogP contribution in [0.25, 0.3) is 0 Å². The molecule has 0 fully saturated rings. The first-order chi connectivity index (χ1) is 16.4. The Bertz CT molecular complexity index is 1220. The highest BCUT2D eigenvalue weighted by atomic mass is 16.5. The van der Waals surface area contributed by atoms with Gasteiger partial charge in [-0.15, -0.1) is 0 Å². The number of aryl methyl sites for hydroxylation is 1. The molecule has 2 N–H and O–H groups in total. The molecule has 0 bridgehead atoms. The summed E-state index contributed by atoms with van der Waals surface area (Å²) in [5, 5.41) is 6.23. The number of nitrogens with zero attached hydrogens (tertiary/aromatic N) is 1. The lowest BCUT2D eigenvalue weighted by molar-refractivity contribution is -0.136. The number of rotatable bonds is 7. The fraction of sp³-hybridized carbons (Fsp3) is 0.120. The van der Waals surface area contributed by atoms with Crippen molar-refractivity contribution < 1.29 is 28.6 Å². The van der Waals surface area contributed by atoms with E-state index in [1.807, 2.05) is 13.0 Å². The van der Waals surface area contributed by atoms with Crippen molar-refractivity contribution in [3.05, 3.63) is 83.4 Å². The van der Waals surface area contributed by atoms with Gasteiger partial charge in [0.25, 0.3) is 0 Å². The summed E-state index contributed by atoms with van der Waals surface area (Å²) in [6.07, 6.45) is 1.35. The molecule has 9 heteroatoms. The number of ether oxygens (including phenoxy) is 3. The third kappa shape index (κ3) is 6.42. The number of anilines is 1. The lowest BCUT2D eigenvalue weighted by Crippen LogP contribution is -2.32. The minimum Gasteiger partial charge on any atom is -0.497 e. The Morgan fingerprint density at radius 3 is 2.26 bits per heavy atom. The van der Waals surface area contributed by atoms with Gasteiger partial charge in [0.1, 0.15) is 17.2 Å². The van der Waals surface area contributed by atoms with Crippen LogP contribution in [0, 0.1) is 6.92 Å². The molecule has 174 valence electrons. The molecule has 0 saturated carbocycles. The smallest absolute Gasteiger partial charge is 0.343 e. The Balaban J connectivity index is 1.53. The van der Waals surface area contributed by atoms with E-state index in [1.165, 1.54) is 20.4 Å². The van der Waals surface area contributed by atoms with Gasteiger partial charge in [-0.05, 0) is 61.0 Å². The van der Waals surface area contributed by atoms with Crippen molar-refractivity contribution in [1.82, 2.24) is 5.43 Å². The maximum Gasteiger partial charge on any atom is 0.343 e. The standard InChI is InChI=1S/C25H23N3O6/c1-16-5-4-6-18(13-16)25(31)34-19-9-7-17(8-10-19)15-26-28-24(30)23(29)27-21-12-11-20(32-2)14-22(21)33-3/h4-15H,1-3H3,(H,27,29)(H,28,30). The summed E-state index contributed by atoms with van der Waals surface area (Å²) in [5.41, 5.74) is 4.49. The molecule has 34 heavy (non-hydrogen) atoms. The van der Waals surface area contributed by atoms with Crippen molar-refractivity contribution in [3.8, 4) is 17.2 Å². The van der Waals surface area contributed by atoms with E-state index in [-0.39, 0.29) is 0 Å². The van der Waals surface area contributed by atoms with Gasteiger partial charge in [-0.25, -0.2) is 10.2 Å². The first kappa shape index (κ1) is 24.0.